The van der Waals surface area contributed by atoms with Gasteiger partial charge in [0.05, 0.1) is 11.3 Å². The molecule has 0 aliphatic carbocycles. The van der Waals surface area contributed by atoms with Crippen LogP contribution in [0.15, 0.2) is 62.7 Å². The third-order valence-electron chi connectivity index (χ3n) is 4.02. The van der Waals surface area contributed by atoms with Crippen LogP contribution in [0.25, 0.3) is 22.8 Å². The van der Waals surface area contributed by atoms with Gasteiger partial charge >= 0.3 is 6.18 Å². The van der Waals surface area contributed by atoms with Crippen molar-refractivity contribution in [2.75, 3.05) is 5.84 Å². The van der Waals surface area contributed by atoms with E-state index in [-0.39, 0.29) is 23.0 Å². The van der Waals surface area contributed by atoms with Crippen molar-refractivity contribution in [3.8, 4) is 22.8 Å². The average molecular weight is 497 g/mol. The Morgan fingerprint density at radius 1 is 1.10 bits per heavy atom. The predicted octanol–water partition coefficient (Wildman–Crippen LogP) is 4.78. The van der Waals surface area contributed by atoms with Crippen LogP contribution in [0.4, 0.5) is 13.2 Å². The van der Waals surface area contributed by atoms with Crippen molar-refractivity contribution in [2.24, 2.45) is 0 Å². The summed E-state index contributed by atoms with van der Waals surface area (Å²) in [5.41, 5.74) is 0.212. The number of thioether (sulfide) groups is 1. The third kappa shape index (κ3) is 4.19. The van der Waals surface area contributed by atoms with E-state index in [1.54, 1.807) is 0 Å². The van der Waals surface area contributed by atoms with Gasteiger partial charge < -0.3 is 10.4 Å². The monoisotopic (exact) mass is 496 g/mol. The molecular weight excluding hydrogens is 485 g/mol. The van der Waals surface area contributed by atoms with Crippen molar-refractivity contribution in [1.29, 1.82) is 0 Å². The van der Waals surface area contributed by atoms with Gasteiger partial charge in [0.2, 0.25) is 16.9 Å². The lowest BCUT2D eigenvalue weighted by Gasteiger charge is -2.06. The molecule has 0 unspecified atom stereocenters. The van der Waals surface area contributed by atoms with Gasteiger partial charge in [-0.1, -0.05) is 57.1 Å². The number of aromatic nitrogens is 5. The topological polar surface area (TPSA) is 95.7 Å². The van der Waals surface area contributed by atoms with E-state index in [9.17, 15) is 13.2 Å². The highest BCUT2D eigenvalue weighted by Crippen LogP contribution is 2.32. The average Bonchev–Trinajstić information content (AvgIpc) is 3.33. The van der Waals surface area contributed by atoms with Gasteiger partial charge in [0.1, 0.15) is 0 Å². The molecule has 0 atom stereocenters. The van der Waals surface area contributed by atoms with Crippen LogP contribution in [0.1, 0.15) is 11.5 Å². The normalized spacial score (nSPS) is 11.7. The number of rotatable bonds is 5. The number of nitrogen functional groups attached to an aromatic ring is 1. The second-order valence-electron chi connectivity index (χ2n) is 6.03. The molecule has 2 heterocycles. The summed E-state index contributed by atoms with van der Waals surface area (Å²) in [6.45, 7) is 0. The van der Waals surface area contributed by atoms with Gasteiger partial charge in [-0.3, -0.25) is 0 Å². The first kappa shape index (κ1) is 20.4. The Hall–Kier alpha value is -2.86. The van der Waals surface area contributed by atoms with Gasteiger partial charge in [-0.05, 0) is 24.3 Å². The number of nitrogens with zero attached hydrogens (tertiary/aromatic N) is 5. The van der Waals surface area contributed by atoms with Crippen LogP contribution in [0.2, 0.25) is 0 Å². The Bertz CT molecular complexity index is 1190. The van der Waals surface area contributed by atoms with Crippen LogP contribution in [0.5, 0.6) is 0 Å². The molecule has 30 heavy (non-hydrogen) atoms. The maximum Gasteiger partial charge on any atom is 0.416 e. The van der Waals surface area contributed by atoms with Gasteiger partial charge in [-0.25, -0.2) is 4.68 Å². The minimum Gasteiger partial charge on any atom is -0.338 e. The number of nitrogens with two attached hydrogens (primary N) is 1. The Morgan fingerprint density at radius 2 is 1.90 bits per heavy atom. The van der Waals surface area contributed by atoms with Crippen LogP contribution in [0, 0.1) is 0 Å². The maximum absolute atomic E-state index is 12.9. The summed E-state index contributed by atoms with van der Waals surface area (Å²) in [5.74, 6) is 7.08. The second kappa shape index (κ2) is 8.11. The van der Waals surface area contributed by atoms with E-state index in [0.29, 0.717) is 11.0 Å². The maximum atomic E-state index is 12.9. The van der Waals surface area contributed by atoms with Crippen molar-refractivity contribution in [2.45, 2.75) is 17.1 Å². The zero-order valence-corrected chi connectivity index (χ0v) is 17.4. The lowest BCUT2D eigenvalue weighted by molar-refractivity contribution is -0.137. The number of halogens is 4. The third-order valence-corrected chi connectivity index (χ3v) is 5.64. The molecular formula is C18H12BrF3N6OS. The number of hydrogen-bond donors (Lipinski definition) is 1. The summed E-state index contributed by atoms with van der Waals surface area (Å²) >= 11 is 4.66. The smallest absolute Gasteiger partial charge is 0.338 e. The van der Waals surface area contributed by atoms with Gasteiger partial charge in [-0.2, -0.15) is 18.2 Å². The first-order chi connectivity index (χ1) is 14.3. The fourth-order valence-corrected chi connectivity index (χ4v) is 3.75. The zero-order chi connectivity index (χ0) is 21.3. The lowest BCUT2D eigenvalue weighted by atomic mass is 10.1. The molecule has 0 saturated heterocycles. The largest absolute Gasteiger partial charge is 0.416 e. The van der Waals surface area contributed by atoms with Crippen molar-refractivity contribution >= 4 is 27.7 Å². The molecule has 0 fully saturated rings. The fraction of sp³-hybridized carbons (Fsp3) is 0.111. The van der Waals surface area contributed by atoms with Crippen LogP contribution in [0.3, 0.4) is 0 Å². The highest BCUT2D eigenvalue weighted by molar-refractivity contribution is 9.10. The molecule has 0 radical (unpaired) electrons. The highest BCUT2D eigenvalue weighted by atomic mass is 79.9. The zero-order valence-electron chi connectivity index (χ0n) is 15.0. The summed E-state index contributed by atoms with van der Waals surface area (Å²) in [7, 11) is 0. The van der Waals surface area contributed by atoms with Gasteiger partial charge in [0.15, 0.2) is 5.82 Å². The Labute approximate surface area is 180 Å². The summed E-state index contributed by atoms with van der Waals surface area (Å²) in [6.07, 6.45) is -4.45. The SMILES string of the molecule is Nn1c(SCc2nc(-c3cccc(C(F)(F)F)c3)no2)nnc1-c1ccccc1Br. The summed E-state index contributed by atoms with van der Waals surface area (Å²) < 4.78 is 46.0. The predicted molar refractivity (Wildman–Crippen MR) is 108 cm³/mol. The molecule has 0 saturated carbocycles. The molecule has 7 nitrogen and oxygen atoms in total. The summed E-state index contributed by atoms with van der Waals surface area (Å²) in [6, 6.07) is 12.2. The molecule has 2 aromatic carbocycles. The molecule has 0 bridgehead atoms. The molecule has 154 valence electrons. The molecule has 0 spiro atoms. The molecule has 4 aromatic rings. The van der Waals surface area contributed by atoms with Crippen molar-refractivity contribution < 1.29 is 17.7 Å². The Morgan fingerprint density at radius 3 is 2.67 bits per heavy atom. The van der Waals surface area contributed by atoms with E-state index in [0.717, 1.165) is 22.2 Å². The van der Waals surface area contributed by atoms with E-state index >= 15 is 0 Å². The molecule has 2 N–H and O–H groups in total. The number of benzene rings is 2. The van der Waals surface area contributed by atoms with Crippen LogP contribution < -0.4 is 5.84 Å². The molecule has 2 aromatic heterocycles. The van der Waals surface area contributed by atoms with Gasteiger partial charge in [0.25, 0.3) is 0 Å². The summed E-state index contributed by atoms with van der Waals surface area (Å²) in [4.78, 5) is 4.16. The minimum atomic E-state index is -4.45. The van der Waals surface area contributed by atoms with E-state index in [1.807, 2.05) is 24.3 Å². The highest BCUT2D eigenvalue weighted by Gasteiger charge is 2.30. The molecule has 0 amide bonds. The van der Waals surface area contributed by atoms with E-state index < -0.39 is 11.7 Å². The first-order valence-electron chi connectivity index (χ1n) is 8.41. The molecule has 0 aliphatic rings. The second-order valence-corrected chi connectivity index (χ2v) is 7.83. The number of hydrogen-bond acceptors (Lipinski definition) is 7. The van der Waals surface area contributed by atoms with Crippen LogP contribution in [-0.2, 0) is 11.9 Å². The van der Waals surface area contributed by atoms with Gasteiger partial charge in [0, 0.05) is 15.6 Å². The standard InChI is InChI=1S/C18H12BrF3N6OS/c19-13-7-2-1-6-12(13)16-25-26-17(28(16)23)30-9-14-24-15(27-29-14)10-4-3-5-11(8-10)18(20,21)22/h1-8H,9,23H2. The molecule has 0 aliphatic heterocycles. The van der Waals surface area contributed by atoms with Crippen LogP contribution >= 0.6 is 27.7 Å². The quantitative estimate of drug-likeness (QED) is 0.313. The lowest BCUT2D eigenvalue weighted by Crippen LogP contribution is -2.11. The van der Waals surface area contributed by atoms with E-state index in [2.05, 4.69) is 36.3 Å². The Kier molecular flexibility index (Phi) is 5.52. The number of alkyl halides is 3. The van der Waals surface area contributed by atoms with Crippen molar-refractivity contribution in [3.05, 3.63) is 64.5 Å². The van der Waals surface area contributed by atoms with Crippen molar-refractivity contribution in [1.82, 2.24) is 25.0 Å². The molecule has 4 rings (SSSR count). The van der Waals surface area contributed by atoms with Crippen LogP contribution in [-0.4, -0.2) is 25.0 Å². The Balaban J connectivity index is 1.49. The van der Waals surface area contributed by atoms with E-state index in [4.69, 9.17) is 10.4 Å². The fourth-order valence-electron chi connectivity index (χ4n) is 2.59. The summed E-state index contributed by atoms with van der Waals surface area (Å²) in [5, 5.41) is 12.4. The van der Waals surface area contributed by atoms with Gasteiger partial charge in [-0.15, -0.1) is 10.2 Å². The van der Waals surface area contributed by atoms with E-state index in [1.165, 1.54) is 28.6 Å². The first-order valence-corrected chi connectivity index (χ1v) is 10.2. The minimum absolute atomic E-state index is 0.0693. The molecule has 12 heteroatoms. The van der Waals surface area contributed by atoms with Crippen molar-refractivity contribution in [3.63, 3.8) is 0 Å².